The maximum Gasteiger partial charge on any atom is 0.0716 e. The molecule has 4 heteroatoms. The summed E-state index contributed by atoms with van der Waals surface area (Å²) in [6.07, 6.45) is 0. The molecule has 0 bridgehead atoms. The zero-order valence-corrected chi connectivity index (χ0v) is 13.0. The molecule has 0 aliphatic rings. The Morgan fingerprint density at radius 1 is 1.16 bits per heavy atom. The maximum absolute atomic E-state index is 5.97. The van der Waals surface area contributed by atoms with Gasteiger partial charge >= 0.3 is 0 Å². The summed E-state index contributed by atoms with van der Waals surface area (Å²) >= 11 is 9.39. The van der Waals surface area contributed by atoms with E-state index in [1.807, 2.05) is 30.3 Å². The van der Waals surface area contributed by atoms with Crippen LogP contribution in [0.3, 0.4) is 0 Å². The largest absolute Gasteiger partial charge is 0.381 e. The Bertz CT molecular complexity index is 560. The molecule has 0 spiro atoms. The van der Waals surface area contributed by atoms with E-state index in [0.29, 0.717) is 11.6 Å². The molecule has 2 aromatic carbocycles. The lowest BCUT2D eigenvalue weighted by Crippen LogP contribution is -2.03. The molecule has 0 saturated heterocycles. The van der Waals surface area contributed by atoms with E-state index in [9.17, 15) is 0 Å². The SMILES string of the molecule is COCc1ccccc1CNc1ccc(Cl)c(Br)c1. The third-order valence-corrected chi connectivity index (χ3v) is 4.03. The first-order valence-electron chi connectivity index (χ1n) is 5.95. The monoisotopic (exact) mass is 339 g/mol. The van der Waals surface area contributed by atoms with Crippen LogP contribution in [-0.4, -0.2) is 7.11 Å². The van der Waals surface area contributed by atoms with Gasteiger partial charge in [0.15, 0.2) is 0 Å². The number of hydrogen-bond acceptors (Lipinski definition) is 2. The number of benzene rings is 2. The van der Waals surface area contributed by atoms with Gasteiger partial charge in [-0.25, -0.2) is 0 Å². The van der Waals surface area contributed by atoms with Crippen LogP contribution >= 0.6 is 27.5 Å². The number of hydrogen-bond donors (Lipinski definition) is 1. The van der Waals surface area contributed by atoms with Gasteiger partial charge in [0, 0.05) is 23.8 Å². The molecular formula is C15H15BrClNO. The third kappa shape index (κ3) is 3.96. The highest BCUT2D eigenvalue weighted by molar-refractivity contribution is 9.10. The Labute approximate surface area is 126 Å². The van der Waals surface area contributed by atoms with Crippen LogP contribution in [0.5, 0.6) is 0 Å². The highest BCUT2D eigenvalue weighted by Gasteiger charge is 2.02. The first-order chi connectivity index (χ1) is 9.20. The molecule has 1 N–H and O–H groups in total. The van der Waals surface area contributed by atoms with E-state index in [1.165, 1.54) is 11.1 Å². The van der Waals surface area contributed by atoms with Crippen LogP contribution in [0.4, 0.5) is 5.69 Å². The van der Waals surface area contributed by atoms with E-state index in [2.05, 4.69) is 33.4 Å². The highest BCUT2D eigenvalue weighted by Crippen LogP contribution is 2.26. The average molecular weight is 341 g/mol. The molecule has 2 nitrogen and oxygen atoms in total. The van der Waals surface area contributed by atoms with Gasteiger partial charge < -0.3 is 10.1 Å². The molecule has 0 aromatic heterocycles. The van der Waals surface area contributed by atoms with Gasteiger partial charge in [-0.05, 0) is 45.3 Å². The van der Waals surface area contributed by atoms with E-state index < -0.39 is 0 Å². The van der Waals surface area contributed by atoms with Gasteiger partial charge in [-0.15, -0.1) is 0 Å². The summed E-state index contributed by atoms with van der Waals surface area (Å²) in [7, 11) is 1.71. The number of anilines is 1. The summed E-state index contributed by atoms with van der Waals surface area (Å²) < 4.78 is 6.10. The quantitative estimate of drug-likeness (QED) is 0.839. The second-order valence-electron chi connectivity index (χ2n) is 4.18. The van der Waals surface area contributed by atoms with Crippen LogP contribution in [0, 0.1) is 0 Å². The second kappa shape index (κ2) is 6.94. The molecule has 19 heavy (non-hydrogen) atoms. The Balaban J connectivity index is 2.07. The lowest BCUT2D eigenvalue weighted by Gasteiger charge is -2.11. The molecule has 0 radical (unpaired) electrons. The van der Waals surface area contributed by atoms with Gasteiger partial charge in [0.25, 0.3) is 0 Å². The number of halogens is 2. The van der Waals surface area contributed by atoms with Crippen molar-refractivity contribution in [3.8, 4) is 0 Å². The second-order valence-corrected chi connectivity index (χ2v) is 5.45. The van der Waals surface area contributed by atoms with Crippen molar-refractivity contribution < 1.29 is 4.74 Å². The third-order valence-electron chi connectivity index (χ3n) is 2.82. The van der Waals surface area contributed by atoms with Gasteiger partial charge in [0.05, 0.1) is 11.6 Å². The highest BCUT2D eigenvalue weighted by atomic mass is 79.9. The Hall–Kier alpha value is -1.03. The Kier molecular flexibility index (Phi) is 5.25. The average Bonchev–Trinajstić information content (AvgIpc) is 2.42. The van der Waals surface area contributed by atoms with Gasteiger partial charge in [-0.1, -0.05) is 35.9 Å². The van der Waals surface area contributed by atoms with Crippen LogP contribution in [0.25, 0.3) is 0 Å². The summed E-state index contributed by atoms with van der Waals surface area (Å²) in [6.45, 7) is 1.38. The normalized spacial score (nSPS) is 10.5. The van der Waals surface area contributed by atoms with Crippen molar-refractivity contribution in [2.75, 3.05) is 12.4 Å². The predicted molar refractivity (Wildman–Crippen MR) is 83.6 cm³/mol. The Morgan fingerprint density at radius 3 is 2.58 bits per heavy atom. The van der Waals surface area contributed by atoms with Crippen LogP contribution in [0.2, 0.25) is 5.02 Å². The van der Waals surface area contributed by atoms with Crippen molar-refractivity contribution in [2.45, 2.75) is 13.2 Å². The molecule has 2 rings (SSSR count). The maximum atomic E-state index is 5.97. The molecule has 0 aliphatic heterocycles. The fraction of sp³-hybridized carbons (Fsp3) is 0.200. The molecule has 0 saturated carbocycles. The number of rotatable bonds is 5. The minimum absolute atomic E-state index is 0.627. The summed E-state index contributed by atoms with van der Waals surface area (Å²) in [5, 5.41) is 4.10. The topological polar surface area (TPSA) is 21.3 Å². The minimum Gasteiger partial charge on any atom is -0.381 e. The van der Waals surface area contributed by atoms with Crippen molar-refractivity contribution in [1.29, 1.82) is 0 Å². The summed E-state index contributed by atoms with van der Waals surface area (Å²) in [4.78, 5) is 0. The van der Waals surface area contributed by atoms with E-state index >= 15 is 0 Å². The van der Waals surface area contributed by atoms with Gasteiger partial charge in [-0.2, -0.15) is 0 Å². The summed E-state index contributed by atoms with van der Waals surface area (Å²) in [5.74, 6) is 0. The number of ether oxygens (including phenoxy) is 1. The lowest BCUT2D eigenvalue weighted by atomic mass is 10.1. The molecule has 0 aliphatic carbocycles. The smallest absolute Gasteiger partial charge is 0.0716 e. The fourth-order valence-electron chi connectivity index (χ4n) is 1.83. The molecule has 100 valence electrons. The van der Waals surface area contributed by atoms with E-state index in [0.717, 1.165) is 16.7 Å². The molecule has 0 fully saturated rings. The Morgan fingerprint density at radius 2 is 1.89 bits per heavy atom. The molecule has 0 atom stereocenters. The van der Waals surface area contributed by atoms with E-state index in [-0.39, 0.29) is 0 Å². The summed E-state index contributed by atoms with van der Waals surface area (Å²) in [6, 6.07) is 14.1. The van der Waals surface area contributed by atoms with Crippen LogP contribution < -0.4 is 5.32 Å². The van der Waals surface area contributed by atoms with Gasteiger partial charge in [0.1, 0.15) is 0 Å². The lowest BCUT2D eigenvalue weighted by molar-refractivity contribution is 0.184. The van der Waals surface area contributed by atoms with E-state index in [1.54, 1.807) is 7.11 Å². The molecule has 0 unspecified atom stereocenters. The zero-order chi connectivity index (χ0) is 13.7. The molecule has 2 aromatic rings. The molecule has 0 amide bonds. The molecule has 0 heterocycles. The fourth-order valence-corrected chi connectivity index (χ4v) is 2.33. The first kappa shape index (κ1) is 14.4. The van der Waals surface area contributed by atoms with Crippen LogP contribution in [0.1, 0.15) is 11.1 Å². The molecular weight excluding hydrogens is 326 g/mol. The number of nitrogens with one attached hydrogen (secondary N) is 1. The standard InChI is InChI=1S/C15H15BrClNO/c1-19-10-12-5-3-2-4-11(12)9-18-13-6-7-15(17)14(16)8-13/h2-8,18H,9-10H2,1H3. The van der Waals surface area contributed by atoms with E-state index in [4.69, 9.17) is 16.3 Å². The zero-order valence-electron chi connectivity index (χ0n) is 10.6. The first-order valence-corrected chi connectivity index (χ1v) is 7.12. The van der Waals surface area contributed by atoms with Gasteiger partial charge in [0.2, 0.25) is 0 Å². The summed E-state index contributed by atoms with van der Waals surface area (Å²) in [5.41, 5.74) is 3.46. The predicted octanol–water partition coefficient (Wildman–Crippen LogP) is 4.86. The van der Waals surface area contributed by atoms with Crippen molar-refractivity contribution in [2.24, 2.45) is 0 Å². The van der Waals surface area contributed by atoms with Crippen molar-refractivity contribution >= 4 is 33.2 Å². The van der Waals surface area contributed by atoms with Crippen molar-refractivity contribution in [3.63, 3.8) is 0 Å². The number of methoxy groups -OCH3 is 1. The van der Waals surface area contributed by atoms with Gasteiger partial charge in [-0.3, -0.25) is 0 Å². The minimum atomic E-state index is 0.627. The van der Waals surface area contributed by atoms with Crippen molar-refractivity contribution in [3.05, 3.63) is 63.1 Å². The van der Waals surface area contributed by atoms with Crippen LogP contribution in [-0.2, 0) is 17.9 Å². The van der Waals surface area contributed by atoms with Crippen molar-refractivity contribution in [1.82, 2.24) is 0 Å². The van der Waals surface area contributed by atoms with Crippen LogP contribution in [0.15, 0.2) is 46.9 Å².